The molecule has 2 rings (SSSR count). The maximum absolute atomic E-state index is 12.6. The zero-order valence-electron chi connectivity index (χ0n) is 8.59. The number of aromatic carboxylic acids is 1. The molecule has 0 amide bonds. The monoisotopic (exact) mass is 253 g/mol. The molecule has 4 nitrogen and oxygen atoms in total. The molecule has 0 fully saturated rings. The zero-order chi connectivity index (χ0) is 12.3. The van der Waals surface area contributed by atoms with Gasteiger partial charge in [-0.25, -0.2) is 9.18 Å². The number of carboxylic acid groups (broad SMARTS) is 1. The molecular weight excluding hydrogens is 245 g/mol. The fraction of sp³-hybridized carbons (Fsp3) is 0.0909. The SMILES string of the molecule is O=C(O)c1cc(CSc2ccc(F)cc2)on1. The van der Waals surface area contributed by atoms with Crippen LogP contribution >= 0.6 is 11.8 Å². The minimum Gasteiger partial charge on any atom is -0.476 e. The van der Waals surface area contributed by atoms with Gasteiger partial charge in [0.05, 0.1) is 5.75 Å². The van der Waals surface area contributed by atoms with Crippen LogP contribution in [0.1, 0.15) is 16.2 Å². The first-order valence-electron chi connectivity index (χ1n) is 4.72. The third-order valence-electron chi connectivity index (χ3n) is 1.97. The van der Waals surface area contributed by atoms with Gasteiger partial charge in [0.2, 0.25) is 0 Å². The summed E-state index contributed by atoms with van der Waals surface area (Å²) in [5.74, 6) is -0.489. The quantitative estimate of drug-likeness (QED) is 0.849. The Balaban J connectivity index is 1.97. The molecule has 1 N–H and O–H groups in total. The van der Waals surface area contributed by atoms with Crippen molar-refractivity contribution in [2.24, 2.45) is 0 Å². The lowest BCUT2D eigenvalue weighted by Crippen LogP contribution is -1.94. The van der Waals surface area contributed by atoms with Gasteiger partial charge >= 0.3 is 5.97 Å². The second kappa shape index (κ2) is 5.01. The van der Waals surface area contributed by atoms with Crippen LogP contribution in [0.15, 0.2) is 39.8 Å². The van der Waals surface area contributed by atoms with Gasteiger partial charge in [0, 0.05) is 11.0 Å². The standard InChI is InChI=1S/C11H8FNO3S/c12-7-1-3-9(4-2-7)17-6-8-5-10(11(14)15)13-16-8/h1-5H,6H2,(H,14,15). The average molecular weight is 253 g/mol. The molecule has 0 saturated carbocycles. The molecule has 1 aromatic heterocycles. The Morgan fingerprint density at radius 2 is 2.12 bits per heavy atom. The number of carbonyl (C=O) groups is 1. The van der Waals surface area contributed by atoms with E-state index >= 15 is 0 Å². The Morgan fingerprint density at radius 3 is 2.71 bits per heavy atom. The van der Waals surface area contributed by atoms with Gasteiger partial charge in [-0.2, -0.15) is 0 Å². The molecule has 2 aromatic rings. The molecule has 1 aromatic carbocycles. The average Bonchev–Trinajstić information content (AvgIpc) is 2.77. The van der Waals surface area contributed by atoms with E-state index in [1.54, 1.807) is 12.1 Å². The molecule has 0 aliphatic carbocycles. The minimum atomic E-state index is -1.12. The fourth-order valence-electron chi connectivity index (χ4n) is 1.17. The molecule has 88 valence electrons. The van der Waals surface area contributed by atoms with E-state index in [1.165, 1.54) is 30.0 Å². The van der Waals surface area contributed by atoms with E-state index in [0.717, 1.165) is 4.90 Å². The van der Waals surface area contributed by atoms with Crippen LogP contribution in [0.3, 0.4) is 0 Å². The lowest BCUT2D eigenvalue weighted by molar-refractivity contribution is 0.0685. The summed E-state index contributed by atoms with van der Waals surface area (Å²) in [5, 5.41) is 12.0. The van der Waals surface area contributed by atoms with Crippen molar-refractivity contribution in [3.05, 3.63) is 47.6 Å². The number of halogens is 1. The van der Waals surface area contributed by atoms with E-state index in [0.29, 0.717) is 11.5 Å². The first-order valence-corrected chi connectivity index (χ1v) is 5.71. The highest BCUT2D eigenvalue weighted by molar-refractivity contribution is 7.98. The number of hydrogen-bond acceptors (Lipinski definition) is 4. The second-order valence-corrected chi connectivity index (χ2v) is 4.27. The number of rotatable bonds is 4. The smallest absolute Gasteiger partial charge is 0.358 e. The van der Waals surface area contributed by atoms with Gasteiger partial charge in [0.25, 0.3) is 0 Å². The summed E-state index contributed by atoms with van der Waals surface area (Å²) in [7, 11) is 0. The molecule has 0 aliphatic rings. The predicted molar refractivity (Wildman–Crippen MR) is 59.4 cm³/mol. The fourth-order valence-corrected chi connectivity index (χ4v) is 1.94. The Labute approximate surface area is 100 Å². The van der Waals surface area contributed by atoms with Gasteiger partial charge in [-0.1, -0.05) is 5.16 Å². The Hall–Kier alpha value is -1.82. The summed E-state index contributed by atoms with van der Waals surface area (Å²) in [4.78, 5) is 11.4. The topological polar surface area (TPSA) is 63.3 Å². The Morgan fingerprint density at radius 1 is 1.41 bits per heavy atom. The van der Waals surface area contributed by atoms with E-state index in [4.69, 9.17) is 9.63 Å². The first kappa shape index (κ1) is 11.7. The van der Waals surface area contributed by atoms with Crippen molar-refractivity contribution in [3.8, 4) is 0 Å². The molecule has 0 aliphatic heterocycles. The number of benzene rings is 1. The zero-order valence-corrected chi connectivity index (χ0v) is 9.41. The number of thioether (sulfide) groups is 1. The van der Waals surface area contributed by atoms with E-state index in [1.807, 2.05) is 0 Å². The summed E-state index contributed by atoms with van der Waals surface area (Å²) in [5.41, 5.74) is -0.111. The van der Waals surface area contributed by atoms with E-state index in [-0.39, 0.29) is 11.5 Å². The highest BCUT2D eigenvalue weighted by Crippen LogP contribution is 2.23. The Kier molecular flexibility index (Phi) is 3.43. The molecule has 1 heterocycles. The molecule has 0 saturated heterocycles. The van der Waals surface area contributed by atoms with Gasteiger partial charge in [-0.05, 0) is 24.3 Å². The van der Waals surface area contributed by atoms with Crippen molar-refractivity contribution in [2.75, 3.05) is 0 Å². The maximum atomic E-state index is 12.6. The number of hydrogen-bond donors (Lipinski definition) is 1. The van der Waals surface area contributed by atoms with Crippen LogP contribution in [0, 0.1) is 5.82 Å². The van der Waals surface area contributed by atoms with E-state index in [2.05, 4.69) is 5.16 Å². The van der Waals surface area contributed by atoms with Crippen molar-refractivity contribution in [3.63, 3.8) is 0 Å². The summed E-state index contributed by atoms with van der Waals surface area (Å²) in [6.45, 7) is 0. The minimum absolute atomic E-state index is 0.111. The van der Waals surface area contributed by atoms with Crippen LogP contribution in [0.4, 0.5) is 4.39 Å². The van der Waals surface area contributed by atoms with Crippen LogP contribution in [0.25, 0.3) is 0 Å². The van der Waals surface area contributed by atoms with Crippen molar-refractivity contribution in [1.29, 1.82) is 0 Å². The third-order valence-corrected chi connectivity index (χ3v) is 3.01. The highest BCUT2D eigenvalue weighted by Gasteiger charge is 2.10. The van der Waals surface area contributed by atoms with Crippen LogP contribution in [0.2, 0.25) is 0 Å². The lowest BCUT2D eigenvalue weighted by Gasteiger charge is -1.97. The number of carboxylic acids is 1. The molecule has 0 spiro atoms. The van der Waals surface area contributed by atoms with Crippen LogP contribution in [-0.2, 0) is 5.75 Å². The van der Waals surface area contributed by atoms with Crippen molar-refractivity contribution >= 4 is 17.7 Å². The van der Waals surface area contributed by atoms with Crippen LogP contribution in [-0.4, -0.2) is 16.2 Å². The first-order chi connectivity index (χ1) is 8.15. The van der Waals surface area contributed by atoms with Crippen LogP contribution in [0.5, 0.6) is 0 Å². The van der Waals surface area contributed by atoms with E-state index < -0.39 is 5.97 Å². The van der Waals surface area contributed by atoms with Crippen molar-refractivity contribution < 1.29 is 18.8 Å². The highest BCUT2D eigenvalue weighted by atomic mass is 32.2. The van der Waals surface area contributed by atoms with Gasteiger partial charge < -0.3 is 9.63 Å². The molecular formula is C11H8FNO3S. The largest absolute Gasteiger partial charge is 0.476 e. The molecule has 0 unspecified atom stereocenters. The van der Waals surface area contributed by atoms with Gasteiger partial charge in [0.1, 0.15) is 11.6 Å². The van der Waals surface area contributed by atoms with Crippen LogP contribution < -0.4 is 0 Å². The van der Waals surface area contributed by atoms with Gasteiger partial charge in [0.15, 0.2) is 5.69 Å². The second-order valence-electron chi connectivity index (χ2n) is 3.23. The number of aromatic nitrogens is 1. The molecule has 0 bridgehead atoms. The van der Waals surface area contributed by atoms with E-state index in [9.17, 15) is 9.18 Å². The predicted octanol–water partition coefficient (Wildman–Crippen LogP) is 2.80. The molecule has 6 heteroatoms. The third kappa shape index (κ3) is 3.07. The molecule has 0 radical (unpaired) electrons. The summed E-state index contributed by atoms with van der Waals surface area (Å²) in [6.07, 6.45) is 0. The Bertz CT molecular complexity index is 524. The summed E-state index contributed by atoms with van der Waals surface area (Å²) >= 11 is 1.41. The van der Waals surface area contributed by atoms with Gasteiger partial charge in [-0.15, -0.1) is 11.8 Å². The van der Waals surface area contributed by atoms with Crippen molar-refractivity contribution in [2.45, 2.75) is 10.6 Å². The van der Waals surface area contributed by atoms with Crippen molar-refractivity contribution in [1.82, 2.24) is 5.16 Å². The molecule has 0 atom stereocenters. The summed E-state index contributed by atoms with van der Waals surface area (Å²) < 4.78 is 17.5. The molecule has 17 heavy (non-hydrogen) atoms. The maximum Gasteiger partial charge on any atom is 0.358 e. The lowest BCUT2D eigenvalue weighted by atomic mass is 10.3. The van der Waals surface area contributed by atoms with Gasteiger partial charge in [-0.3, -0.25) is 0 Å². The number of nitrogens with zero attached hydrogens (tertiary/aromatic N) is 1. The summed E-state index contributed by atoms with van der Waals surface area (Å²) in [6, 6.07) is 7.40. The normalized spacial score (nSPS) is 10.4.